The molecule has 4 rings (SSSR count). The molecule has 0 aliphatic carbocycles. The van der Waals surface area contributed by atoms with Crippen molar-refractivity contribution in [3.05, 3.63) is 77.9 Å². The van der Waals surface area contributed by atoms with Crippen LogP contribution in [0.5, 0.6) is 17.2 Å². The van der Waals surface area contributed by atoms with Crippen molar-refractivity contribution in [1.29, 1.82) is 0 Å². The molecule has 2 N–H and O–H groups in total. The fourth-order valence-corrected chi connectivity index (χ4v) is 4.53. The fourth-order valence-electron chi connectivity index (χ4n) is 4.08. The van der Waals surface area contributed by atoms with Gasteiger partial charge in [0.15, 0.2) is 11.5 Å². The molecule has 1 atom stereocenters. The van der Waals surface area contributed by atoms with Crippen LogP contribution in [0.25, 0.3) is 11.1 Å². The molecule has 1 heterocycles. The molecular weight excluding hydrogens is 527 g/mol. The highest BCUT2D eigenvalue weighted by molar-refractivity contribution is 7.86. The van der Waals surface area contributed by atoms with Crippen LogP contribution in [-0.4, -0.2) is 52.0 Å². The molecule has 1 aliphatic heterocycles. The number of nitrogens with two attached hydrogens (primary N) is 1. The number of methoxy groups -OCH3 is 1. The van der Waals surface area contributed by atoms with E-state index in [1.165, 1.54) is 38.4 Å². The van der Waals surface area contributed by atoms with Gasteiger partial charge in [-0.05, 0) is 52.6 Å². The number of aliphatic imine (C=N–C) groups is 1. The van der Waals surface area contributed by atoms with Crippen molar-refractivity contribution >= 4 is 22.0 Å². The van der Waals surface area contributed by atoms with Crippen LogP contribution in [-0.2, 0) is 20.5 Å². The lowest BCUT2D eigenvalue weighted by Gasteiger charge is -2.27. The van der Waals surface area contributed by atoms with Crippen LogP contribution in [0.4, 0.5) is 13.2 Å². The third-order valence-electron chi connectivity index (χ3n) is 5.72. The maximum Gasteiger partial charge on any atom is 0.573 e. The van der Waals surface area contributed by atoms with Gasteiger partial charge in [-0.2, -0.15) is 8.42 Å². The Hall–Kier alpha value is -4.26. The Morgan fingerprint density at radius 3 is 2.13 bits per heavy atom. The predicted molar refractivity (Wildman–Crippen MR) is 132 cm³/mol. The van der Waals surface area contributed by atoms with Crippen molar-refractivity contribution < 1.29 is 40.0 Å². The highest BCUT2D eigenvalue weighted by Gasteiger charge is 2.49. The smallest absolute Gasteiger partial charge is 0.497 e. The van der Waals surface area contributed by atoms with Gasteiger partial charge < -0.3 is 19.4 Å². The molecule has 0 spiro atoms. The predicted octanol–water partition coefficient (Wildman–Crippen LogP) is 3.63. The molecule has 1 unspecified atom stereocenters. The number of nitrogens with zero attached hydrogens (tertiary/aromatic N) is 2. The third-order valence-corrected chi connectivity index (χ3v) is 6.22. The van der Waals surface area contributed by atoms with Crippen LogP contribution in [0, 0.1) is 0 Å². The lowest BCUT2D eigenvalue weighted by Crippen LogP contribution is -2.41. The van der Waals surface area contributed by atoms with E-state index >= 15 is 0 Å². The molecule has 13 heteroatoms. The highest BCUT2D eigenvalue weighted by Crippen LogP contribution is 2.42. The van der Waals surface area contributed by atoms with E-state index in [0.717, 1.165) is 23.3 Å². The van der Waals surface area contributed by atoms with Crippen molar-refractivity contribution in [2.45, 2.75) is 11.9 Å². The quantitative estimate of drug-likeness (QED) is 0.447. The SMILES string of the molecule is COc1cc(OS(C)(=O)=O)cc(-c2cccc(C3(c4ccc(OC(F)(F)F)cc4)N=C(N)N(C)C3=O)c2)c1. The fraction of sp³-hybridized carbons (Fsp3) is 0.200. The molecule has 3 aromatic carbocycles. The Morgan fingerprint density at radius 2 is 1.58 bits per heavy atom. The van der Waals surface area contributed by atoms with Gasteiger partial charge in [0.1, 0.15) is 17.2 Å². The molecule has 38 heavy (non-hydrogen) atoms. The molecule has 9 nitrogen and oxygen atoms in total. The number of carbonyl (C=O) groups excluding carboxylic acids is 1. The molecule has 0 radical (unpaired) electrons. The van der Waals surface area contributed by atoms with Gasteiger partial charge >= 0.3 is 16.5 Å². The molecule has 0 fully saturated rings. The molecule has 200 valence electrons. The maximum absolute atomic E-state index is 13.5. The summed E-state index contributed by atoms with van der Waals surface area (Å²) in [6.07, 6.45) is -3.97. The van der Waals surface area contributed by atoms with Crippen molar-refractivity contribution in [2.24, 2.45) is 10.7 Å². The van der Waals surface area contributed by atoms with E-state index in [1.54, 1.807) is 30.3 Å². The van der Waals surface area contributed by atoms with Gasteiger partial charge in [-0.25, -0.2) is 4.99 Å². The number of ether oxygens (including phenoxy) is 2. The monoisotopic (exact) mass is 549 g/mol. The first kappa shape index (κ1) is 26.8. The number of alkyl halides is 3. The second-order valence-electron chi connectivity index (χ2n) is 8.38. The normalized spacial score (nSPS) is 17.8. The van der Waals surface area contributed by atoms with Crippen LogP contribution in [0.1, 0.15) is 11.1 Å². The summed E-state index contributed by atoms with van der Waals surface area (Å²) < 4.78 is 75.5. The lowest BCUT2D eigenvalue weighted by molar-refractivity contribution is -0.274. The van der Waals surface area contributed by atoms with E-state index in [9.17, 15) is 26.4 Å². The van der Waals surface area contributed by atoms with Gasteiger partial charge in [-0.3, -0.25) is 9.69 Å². The first-order chi connectivity index (χ1) is 17.7. The third kappa shape index (κ3) is 5.37. The number of guanidine groups is 1. The van der Waals surface area contributed by atoms with Crippen LogP contribution >= 0.6 is 0 Å². The summed E-state index contributed by atoms with van der Waals surface area (Å²) in [5.41, 5.74) is 5.97. The second-order valence-corrected chi connectivity index (χ2v) is 9.96. The topological polar surface area (TPSA) is 121 Å². The van der Waals surface area contributed by atoms with Gasteiger partial charge in [0.25, 0.3) is 5.91 Å². The number of hydrogen-bond donors (Lipinski definition) is 1. The Labute approximate surface area is 216 Å². The van der Waals surface area contributed by atoms with E-state index in [-0.39, 0.29) is 17.3 Å². The van der Waals surface area contributed by atoms with Gasteiger partial charge in [0, 0.05) is 13.1 Å². The zero-order chi connectivity index (χ0) is 27.9. The van der Waals surface area contributed by atoms with E-state index in [2.05, 4.69) is 9.73 Å². The zero-order valence-corrected chi connectivity index (χ0v) is 21.1. The van der Waals surface area contributed by atoms with Crippen molar-refractivity contribution in [3.63, 3.8) is 0 Å². The first-order valence-electron chi connectivity index (χ1n) is 10.9. The summed E-state index contributed by atoms with van der Waals surface area (Å²) in [7, 11) is -0.977. The van der Waals surface area contributed by atoms with Gasteiger partial charge in [-0.15, -0.1) is 13.2 Å². The molecule has 3 aromatic rings. The number of amides is 1. The highest BCUT2D eigenvalue weighted by atomic mass is 32.2. The summed E-state index contributed by atoms with van der Waals surface area (Å²) in [5, 5.41) is 0. The number of benzene rings is 3. The molecule has 1 amide bonds. The van der Waals surface area contributed by atoms with E-state index in [4.69, 9.17) is 14.7 Å². The Morgan fingerprint density at radius 1 is 0.921 bits per heavy atom. The molecule has 0 aromatic heterocycles. The molecule has 0 bridgehead atoms. The second kappa shape index (κ2) is 9.56. The summed E-state index contributed by atoms with van der Waals surface area (Å²) in [6, 6.07) is 16.0. The van der Waals surface area contributed by atoms with Crippen molar-refractivity contribution in [2.75, 3.05) is 20.4 Å². The summed E-state index contributed by atoms with van der Waals surface area (Å²) in [5.74, 6) is -0.734. The van der Waals surface area contributed by atoms with Gasteiger partial charge in [0.2, 0.25) is 0 Å². The van der Waals surface area contributed by atoms with Gasteiger partial charge in [-0.1, -0.05) is 30.3 Å². The molecular formula is C25H22F3N3O6S. The summed E-state index contributed by atoms with van der Waals surface area (Å²) in [6.45, 7) is 0. The maximum atomic E-state index is 13.5. The number of likely N-dealkylation sites (N-methyl/N-ethyl adjacent to an activating group) is 1. The van der Waals surface area contributed by atoms with E-state index in [1.807, 2.05) is 0 Å². The first-order valence-corrected chi connectivity index (χ1v) is 12.7. The Balaban J connectivity index is 1.85. The minimum absolute atomic E-state index is 0.0150. The summed E-state index contributed by atoms with van der Waals surface area (Å²) in [4.78, 5) is 19.1. The van der Waals surface area contributed by atoms with Crippen LogP contribution < -0.4 is 19.4 Å². The van der Waals surface area contributed by atoms with Crippen LogP contribution in [0.15, 0.2) is 71.7 Å². The minimum atomic E-state index is -4.88. The number of carbonyl (C=O) groups is 1. The average Bonchev–Trinajstić information content (AvgIpc) is 3.07. The minimum Gasteiger partial charge on any atom is -0.497 e. The number of hydrogen-bond acceptors (Lipinski definition) is 8. The molecule has 0 saturated heterocycles. The summed E-state index contributed by atoms with van der Waals surface area (Å²) >= 11 is 0. The number of halogens is 3. The zero-order valence-electron chi connectivity index (χ0n) is 20.3. The van der Waals surface area contributed by atoms with Crippen LogP contribution in [0.3, 0.4) is 0 Å². The lowest BCUT2D eigenvalue weighted by atomic mass is 9.81. The van der Waals surface area contributed by atoms with Gasteiger partial charge in [0.05, 0.1) is 13.4 Å². The average molecular weight is 550 g/mol. The van der Waals surface area contributed by atoms with Crippen LogP contribution in [0.2, 0.25) is 0 Å². The number of rotatable bonds is 7. The van der Waals surface area contributed by atoms with Crippen molar-refractivity contribution in [3.8, 4) is 28.4 Å². The Bertz CT molecular complexity index is 1520. The Kier molecular flexibility index (Phi) is 6.74. The van der Waals surface area contributed by atoms with E-state index < -0.39 is 33.7 Å². The molecule has 0 saturated carbocycles. The largest absolute Gasteiger partial charge is 0.573 e. The standard InChI is InChI=1S/C25H22F3N3O6S/c1-31-22(32)24(30-23(31)29,17-7-9-19(10-8-17)36-25(26,27)28)18-6-4-5-15(11-18)16-12-20(35-2)14-21(13-16)37-38(3,33)34/h4-14H,1-3H3,(H2,29,30). The van der Waals surface area contributed by atoms with E-state index in [0.29, 0.717) is 22.4 Å². The van der Waals surface area contributed by atoms with Crippen molar-refractivity contribution in [1.82, 2.24) is 4.90 Å². The molecule has 1 aliphatic rings.